The summed E-state index contributed by atoms with van der Waals surface area (Å²) in [6, 6.07) is 14.7. The fraction of sp³-hybridized carbons (Fsp3) is 0.346. The summed E-state index contributed by atoms with van der Waals surface area (Å²) in [7, 11) is 2.19. The summed E-state index contributed by atoms with van der Waals surface area (Å²) in [4.78, 5) is 14.2. The average molecular weight is 415 g/mol. The number of likely N-dealkylation sites (tertiary alicyclic amines) is 1. The van der Waals surface area contributed by atoms with Crippen molar-refractivity contribution in [2.24, 2.45) is 0 Å². The van der Waals surface area contributed by atoms with E-state index in [0.29, 0.717) is 18.4 Å². The van der Waals surface area contributed by atoms with Gasteiger partial charge in [0.1, 0.15) is 12.4 Å². The lowest BCUT2D eigenvalue weighted by Crippen LogP contribution is -2.58. The monoisotopic (exact) mass is 415 g/mol. The average Bonchev–Trinajstić information content (AvgIpc) is 3.12. The zero-order valence-electron chi connectivity index (χ0n) is 17.8. The van der Waals surface area contributed by atoms with Gasteiger partial charge in [-0.2, -0.15) is 0 Å². The second-order valence-electron chi connectivity index (χ2n) is 8.91. The maximum Gasteiger partial charge on any atom is 0.307 e. The molecule has 158 valence electrons. The van der Waals surface area contributed by atoms with Crippen LogP contribution in [0.5, 0.6) is 11.5 Å². The predicted octanol–water partition coefficient (Wildman–Crippen LogP) is 3.91. The third-order valence-electron chi connectivity index (χ3n) is 7.20. The van der Waals surface area contributed by atoms with Crippen LogP contribution in [0.4, 0.5) is 0 Å². The van der Waals surface area contributed by atoms with Crippen LogP contribution in [0.3, 0.4) is 0 Å². The summed E-state index contributed by atoms with van der Waals surface area (Å²) in [6.07, 6.45) is 5.64. The van der Waals surface area contributed by atoms with Crippen LogP contribution in [0, 0.1) is 0 Å². The number of likely N-dealkylation sites (N-methyl/N-ethyl adjacent to an activating group) is 1. The topological polar surface area (TPSA) is 48.0 Å². The summed E-state index contributed by atoms with van der Waals surface area (Å²) in [5, 5.41) is 0. The minimum atomic E-state index is -0.330. The van der Waals surface area contributed by atoms with Crippen LogP contribution >= 0.6 is 0 Å². The van der Waals surface area contributed by atoms with Gasteiger partial charge in [0.15, 0.2) is 17.6 Å². The molecule has 1 fully saturated rings. The van der Waals surface area contributed by atoms with E-state index in [-0.39, 0.29) is 17.5 Å². The number of piperidine rings is 1. The lowest BCUT2D eigenvalue weighted by Gasteiger charge is -2.52. The molecule has 1 spiro atoms. The van der Waals surface area contributed by atoms with E-state index >= 15 is 0 Å². The van der Waals surface area contributed by atoms with Gasteiger partial charge in [-0.3, -0.25) is 9.69 Å². The molecule has 2 bridgehead atoms. The molecule has 3 atom stereocenters. The summed E-state index contributed by atoms with van der Waals surface area (Å²) < 4.78 is 18.5. The maximum absolute atomic E-state index is 11.8. The maximum atomic E-state index is 11.8. The molecule has 2 aromatic rings. The Morgan fingerprint density at radius 2 is 2.03 bits per heavy atom. The first-order chi connectivity index (χ1) is 15.1. The number of carbonyl (C=O) groups is 1. The molecule has 0 unspecified atom stereocenters. The van der Waals surface area contributed by atoms with Gasteiger partial charge in [-0.1, -0.05) is 42.5 Å². The second-order valence-corrected chi connectivity index (χ2v) is 8.91. The summed E-state index contributed by atoms with van der Waals surface area (Å²) in [5.41, 5.74) is 4.74. The molecule has 0 amide bonds. The van der Waals surface area contributed by atoms with E-state index < -0.39 is 0 Å². The van der Waals surface area contributed by atoms with E-state index in [1.807, 2.05) is 30.3 Å². The van der Waals surface area contributed by atoms with Gasteiger partial charge in [0.2, 0.25) is 0 Å². The number of nitrogens with zero attached hydrogens (tertiary/aromatic N) is 1. The first-order valence-electron chi connectivity index (χ1n) is 10.9. The van der Waals surface area contributed by atoms with Crippen molar-refractivity contribution in [2.75, 3.05) is 13.6 Å². The van der Waals surface area contributed by atoms with E-state index in [4.69, 9.17) is 14.2 Å². The number of allylic oxidation sites excluding steroid dienone is 2. The minimum Gasteiger partial charge on any atom is -0.485 e. The predicted molar refractivity (Wildman–Crippen MR) is 116 cm³/mol. The van der Waals surface area contributed by atoms with E-state index in [1.165, 1.54) is 23.6 Å². The van der Waals surface area contributed by atoms with Gasteiger partial charge < -0.3 is 14.2 Å². The van der Waals surface area contributed by atoms with Crippen LogP contribution in [0.15, 0.2) is 65.9 Å². The number of hydrogen-bond acceptors (Lipinski definition) is 5. The number of rotatable bonds is 4. The Kier molecular flexibility index (Phi) is 4.06. The van der Waals surface area contributed by atoms with Crippen LogP contribution in [0.2, 0.25) is 0 Å². The molecule has 5 nitrogen and oxygen atoms in total. The van der Waals surface area contributed by atoms with E-state index in [0.717, 1.165) is 36.4 Å². The highest BCUT2D eigenvalue weighted by atomic mass is 16.6. The molecular weight excluding hydrogens is 390 g/mol. The first-order valence-corrected chi connectivity index (χ1v) is 10.9. The van der Waals surface area contributed by atoms with Crippen LogP contribution in [0.1, 0.15) is 30.0 Å². The van der Waals surface area contributed by atoms with Gasteiger partial charge in [0.05, 0.1) is 5.41 Å². The fourth-order valence-corrected chi connectivity index (χ4v) is 5.87. The van der Waals surface area contributed by atoms with Crippen molar-refractivity contribution >= 4 is 5.97 Å². The van der Waals surface area contributed by atoms with Crippen molar-refractivity contribution in [3.8, 4) is 11.5 Å². The third-order valence-corrected chi connectivity index (χ3v) is 7.20. The molecule has 1 saturated heterocycles. The Labute approximate surface area is 181 Å². The van der Waals surface area contributed by atoms with E-state index in [1.54, 1.807) is 0 Å². The summed E-state index contributed by atoms with van der Waals surface area (Å²) >= 11 is 0. The Morgan fingerprint density at radius 1 is 1.19 bits per heavy atom. The fourth-order valence-electron chi connectivity index (χ4n) is 5.87. The van der Waals surface area contributed by atoms with Gasteiger partial charge >= 0.3 is 5.97 Å². The number of ether oxygens (including phenoxy) is 3. The molecule has 5 heteroatoms. The lowest BCUT2D eigenvalue weighted by atomic mass is 9.57. The Bertz CT molecular complexity index is 1140. The van der Waals surface area contributed by atoms with Crippen LogP contribution in [0.25, 0.3) is 0 Å². The lowest BCUT2D eigenvalue weighted by molar-refractivity contribution is -0.138. The van der Waals surface area contributed by atoms with Crippen molar-refractivity contribution < 1.29 is 19.0 Å². The normalized spacial score (nSPS) is 27.5. The Balaban J connectivity index is 1.46. The van der Waals surface area contributed by atoms with Crippen molar-refractivity contribution in [1.29, 1.82) is 0 Å². The third kappa shape index (κ3) is 2.62. The highest BCUT2D eigenvalue weighted by molar-refractivity contribution is 5.71. The van der Waals surface area contributed by atoms with E-state index in [2.05, 4.69) is 36.2 Å². The Hall–Kier alpha value is -3.05. The SMILES string of the molecule is CC(=O)OC1=CC=C2[C@H]3Cc4ccc(OCc5ccccc5)c5c4[C@@]2(CCN3C)[C@H]1O5. The zero-order chi connectivity index (χ0) is 21.2. The molecule has 31 heavy (non-hydrogen) atoms. The molecule has 2 aromatic carbocycles. The van der Waals surface area contributed by atoms with Crippen molar-refractivity contribution in [3.05, 3.63) is 82.6 Å². The van der Waals surface area contributed by atoms with Crippen molar-refractivity contribution in [2.45, 2.75) is 43.9 Å². The molecular formula is C26H25NO4. The quantitative estimate of drug-likeness (QED) is 0.709. The van der Waals surface area contributed by atoms with Crippen molar-refractivity contribution in [3.63, 3.8) is 0 Å². The number of carbonyl (C=O) groups excluding carboxylic acids is 1. The van der Waals surface area contributed by atoms with Crippen LogP contribution in [-0.2, 0) is 28.0 Å². The van der Waals surface area contributed by atoms with Crippen LogP contribution in [-0.4, -0.2) is 36.6 Å². The summed E-state index contributed by atoms with van der Waals surface area (Å²) in [5.74, 6) is 1.84. The summed E-state index contributed by atoms with van der Waals surface area (Å²) in [6.45, 7) is 2.90. The molecule has 2 aliphatic heterocycles. The van der Waals surface area contributed by atoms with Crippen molar-refractivity contribution in [1.82, 2.24) is 4.90 Å². The molecule has 2 aliphatic carbocycles. The largest absolute Gasteiger partial charge is 0.485 e. The number of esters is 1. The molecule has 6 rings (SSSR count). The van der Waals surface area contributed by atoms with Gasteiger partial charge in [0, 0.05) is 18.5 Å². The molecule has 0 radical (unpaired) electrons. The van der Waals surface area contributed by atoms with E-state index in [9.17, 15) is 4.79 Å². The molecule has 0 N–H and O–H groups in total. The highest BCUT2D eigenvalue weighted by Gasteiger charge is 2.62. The zero-order valence-corrected chi connectivity index (χ0v) is 17.8. The standard InChI is InChI=1S/C26H25NO4/c1-16(28)30-22-11-9-19-20-14-18-8-10-21(29-15-17-6-4-3-5-7-17)24-23(18)26(19,25(22)31-24)12-13-27(20)2/h3-11,20,25H,12-15H2,1-2H3/t20-,25+,26+/m1/s1. The molecule has 0 saturated carbocycles. The smallest absolute Gasteiger partial charge is 0.307 e. The molecule has 0 aromatic heterocycles. The highest BCUT2D eigenvalue weighted by Crippen LogP contribution is 2.62. The molecule has 2 heterocycles. The van der Waals surface area contributed by atoms with Gasteiger partial charge in [-0.05, 0) is 55.3 Å². The molecule has 4 aliphatic rings. The first kappa shape index (κ1) is 18.7. The van der Waals surface area contributed by atoms with Gasteiger partial charge in [-0.25, -0.2) is 0 Å². The Morgan fingerprint density at radius 3 is 2.84 bits per heavy atom. The van der Waals surface area contributed by atoms with Gasteiger partial charge in [0.25, 0.3) is 0 Å². The number of benzene rings is 2. The second kappa shape index (κ2) is 6.72. The minimum absolute atomic E-state index is 0.286. The number of hydrogen-bond donors (Lipinski definition) is 0. The van der Waals surface area contributed by atoms with Gasteiger partial charge in [-0.15, -0.1) is 0 Å². The van der Waals surface area contributed by atoms with Crippen LogP contribution < -0.4 is 9.47 Å².